The molecule has 1 atom stereocenters. The second-order valence-electron chi connectivity index (χ2n) is 1.62. The monoisotopic (exact) mass is 171 g/mol. The normalized spacial score (nSPS) is 15.1. The molecule has 0 amide bonds. The number of hydrogen-bond acceptors (Lipinski definition) is 4. The van der Waals surface area contributed by atoms with E-state index in [1.54, 1.807) is 0 Å². The summed E-state index contributed by atoms with van der Waals surface area (Å²) in [6.45, 7) is -0.357. The van der Waals surface area contributed by atoms with E-state index in [1.807, 2.05) is 0 Å². The van der Waals surface area contributed by atoms with Crippen LogP contribution < -0.4 is 4.72 Å². The molecule has 10 heavy (non-hydrogen) atoms. The fraction of sp³-hybridized carbons (Fsp3) is 1.00. The minimum atomic E-state index is -4.36. The molecule has 0 radical (unpaired) electrons. The number of aliphatic hydroxyl groups is 2. The fourth-order valence-electron chi connectivity index (χ4n) is 0.353. The van der Waals surface area contributed by atoms with Crippen LogP contribution in [0.15, 0.2) is 0 Å². The Morgan fingerprint density at radius 3 is 2.30 bits per heavy atom. The Morgan fingerprint density at radius 2 is 2.00 bits per heavy atom. The van der Waals surface area contributed by atoms with Gasteiger partial charge in [-0.15, -0.1) is 0 Å². The number of hydrogen-bond donors (Lipinski definition) is 4. The Hall–Kier alpha value is -0.210. The van der Waals surface area contributed by atoms with Gasteiger partial charge < -0.3 is 10.2 Å². The van der Waals surface area contributed by atoms with Gasteiger partial charge in [0.25, 0.3) is 0 Å². The Morgan fingerprint density at radius 1 is 1.50 bits per heavy atom. The van der Waals surface area contributed by atoms with E-state index >= 15 is 0 Å². The van der Waals surface area contributed by atoms with Crippen molar-refractivity contribution in [3.05, 3.63) is 0 Å². The molecule has 0 aromatic rings. The highest BCUT2D eigenvalue weighted by molar-refractivity contribution is 7.83. The molecule has 7 heteroatoms. The molecule has 4 N–H and O–H groups in total. The van der Waals surface area contributed by atoms with Crippen molar-refractivity contribution in [1.29, 1.82) is 0 Å². The van der Waals surface area contributed by atoms with E-state index in [2.05, 4.69) is 0 Å². The van der Waals surface area contributed by atoms with Crippen molar-refractivity contribution >= 4 is 10.3 Å². The molecule has 0 aromatic carbocycles. The number of aliphatic hydroxyl groups excluding tert-OH is 2. The summed E-state index contributed by atoms with van der Waals surface area (Å²) in [7, 11) is -4.36. The molecule has 62 valence electrons. The van der Waals surface area contributed by atoms with Gasteiger partial charge in [0.15, 0.2) is 0 Å². The smallest absolute Gasteiger partial charge is 0.335 e. The lowest BCUT2D eigenvalue weighted by Gasteiger charge is -2.06. The lowest BCUT2D eigenvalue weighted by atomic mass is 10.4. The van der Waals surface area contributed by atoms with E-state index in [4.69, 9.17) is 14.8 Å². The fourth-order valence-corrected chi connectivity index (χ4v) is 0.815. The molecule has 0 rings (SSSR count). The average Bonchev–Trinajstić information content (AvgIpc) is 1.59. The lowest BCUT2D eigenvalue weighted by molar-refractivity contribution is 0.121. The van der Waals surface area contributed by atoms with Crippen molar-refractivity contribution in [1.82, 2.24) is 4.72 Å². The molecule has 0 aliphatic heterocycles. The predicted octanol–water partition coefficient (Wildman–Crippen LogP) is -1.92. The predicted molar refractivity (Wildman–Crippen MR) is 32.4 cm³/mol. The van der Waals surface area contributed by atoms with E-state index in [-0.39, 0.29) is 13.0 Å². The zero-order chi connectivity index (χ0) is 8.20. The molecule has 0 aromatic heterocycles. The topological polar surface area (TPSA) is 107 Å². The maximum atomic E-state index is 9.92. The van der Waals surface area contributed by atoms with E-state index < -0.39 is 16.5 Å². The molecule has 0 saturated carbocycles. The molecule has 1 unspecified atom stereocenters. The second kappa shape index (κ2) is 3.84. The largest absolute Gasteiger partial charge is 0.396 e. The molecule has 0 heterocycles. The first kappa shape index (κ1) is 9.79. The molecule has 0 bridgehead atoms. The van der Waals surface area contributed by atoms with Crippen LogP contribution in [0, 0.1) is 0 Å². The molecule has 6 nitrogen and oxygen atoms in total. The van der Waals surface area contributed by atoms with E-state index in [0.29, 0.717) is 0 Å². The molecule has 0 saturated heterocycles. The summed E-state index contributed by atoms with van der Waals surface area (Å²) in [5, 5.41) is 16.7. The third-order valence-corrected chi connectivity index (χ3v) is 1.26. The summed E-state index contributed by atoms with van der Waals surface area (Å²) < 4.78 is 29.3. The standard InChI is InChI=1S/C3H9NO5S/c5-2-1-3(6)4-10(7,8)9/h3-6H,1-2H2,(H,7,8,9). The molecule has 0 fully saturated rings. The van der Waals surface area contributed by atoms with Gasteiger partial charge in [0.2, 0.25) is 0 Å². The SMILES string of the molecule is O=S(=O)(O)NC(O)CCO. The van der Waals surface area contributed by atoms with Crippen molar-refractivity contribution in [2.75, 3.05) is 6.61 Å². The van der Waals surface area contributed by atoms with Gasteiger partial charge in [0, 0.05) is 13.0 Å². The summed E-state index contributed by atoms with van der Waals surface area (Å²) in [5.74, 6) is 0. The first-order chi connectivity index (χ1) is 4.45. The van der Waals surface area contributed by atoms with Crippen LogP contribution in [0.5, 0.6) is 0 Å². The van der Waals surface area contributed by atoms with Gasteiger partial charge in [-0.3, -0.25) is 4.55 Å². The molecular weight excluding hydrogens is 162 g/mol. The summed E-state index contributed by atoms with van der Waals surface area (Å²) >= 11 is 0. The maximum absolute atomic E-state index is 9.92. The van der Waals surface area contributed by atoms with Crippen LogP contribution in [0.2, 0.25) is 0 Å². The van der Waals surface area contributed by atoms with Gasteiger partial charge in [-0.2, -0.15) is 13.1 Å². The van der Waals surface area contributed by atoms with Crippen LogP contribution in [0.3, 0.4) is 0 Å². The lowest BCUT2D eigenvalue weighted by Crippen LogP contribution is -2.34. The highest BCUT2D eigenvalue weighted by atomic mass is 32.2. The van der Waals surface area contributed by atoms with Crippen LogP contribution >= 0.6 is 0 Å². The summed E-state index contributed by atoms with van der Waals surface area (Å²) in [5.41, 5.74) is 0. The van der Waals surface area contributed by atoms with Crippen molar-refractivity contribution in [3.63, 3.8) is 0 Å². The van der Waals surface area contributed by atoms with E-state index in [1.165, 1.54) is 4.72 Å². The number of nitrogens with one attached hydrogen (secondary N) is 1. The van der Waals surface area contributed by atoms with E-state index in [9.17, 15) is 8.42 Å². The highest BCUT2D eigenvalue weighted by Crippen LogP contribution is 1.86. The summed E-state index contributed by atoms with van der Waals surface area (Å²) in [6, 6.07) is 0. The van der Waals surface area contributed by atoms with Crippen molar-refractivity contribution in [2.45, 2.75) is 12.6 Å². The molecule has 0 aliphatic rings. The minimum Gasteiger partial charge on any atom is -0.396 e. The third kappa shape index (κ3) is 5.92. The Bertz CT molecular complexity index is 175. The van der Waals surface area contributed by atoms with E-state index in [0.717, 1.165) is 0 Å². The van der Waals surface area contributed by atoms with Gasteiger partial charge in [0.05, 0.1) is 0 Å². The van der Waals surface area contributed by atoms with Gasteiger partial charge >= 0.3 is 10.3 Å². The second-order valence-corrected chi connectivity index (χ2v) is 2.81. The van der Waals surface area contributed by atoms with Gasteiger partial charge in [-0.25, -0.2) is 0 Å². The minimum absolute atomic E-state index is 0.153. The molecule has 0 spiro atoms. The zero-order valence-corrected chi connectivity index (χ0v) is 5.87. The third-order valence-electron chi connectivity index (χ3n) is 0.688. The quantitative estimate of drug-likeness (QED) is 0.291. The molecule has 0 aliphatic carbocycles. The highest BCUT2D eigenvalue weighted by Gasteiger charge is 2.09. The van der Waals surface area contributed by atoms with Gasteiger partial charge in [-0.05, 0) is 0 Å². The van der Waals surface area contributed by atoms with Crippen molar-refractivity contribution < 1.29 is 23.2 Å². The van der Waals surface area contributed by atoms with Crippen LogP contribution in [0.4, 0.5) is 0 Å². The number of rotatable bonds is 4. The van der Waals surface area contributed by atoms with Crippen LogP contribution in [0.1, 0.15) is 6.42 Å². The first-order valence-electron chi connectivity index (χ1n) is 2.49. The van der Waals surface area contributed by atoms with Crippen LogP contribution in [0.25, 0.3) is 0 Å². The summed E-state index contributed by atoms with van der Waals surface area (Å²) in [6.07, 6.45) is -1.58. The van der Waals surface area contributed by atoms with Crippen molar-refractivity contribution in [2.24, 2.45) is 0 Å². The maximum Gasteiger partial charge on any atom is 0.335 e. The molecular formula is C3H9NO5S. The summed E-state index contributed by atoms with van der Waals surface area (Å²) in [4.78, 5) is 0. The Kier molecular flexibility index (Phi) is 3.76. The van der Waals surface area contributed by atoms with Gasteiger partial charge in [0.1, 0.15) is 6.23 Å². The van der Waals surface area contributed by atoms with Gasteiger partial charge in [-0.1, -0.05) is 0 Å². The Labute approximate surface area is 58.4 Å². The van der Waals surface area contributed by atoms with Crippen LogP contribution in [-0.2, 0) is 10.3 Å². The van der Waals surface area contributed by atoms with Crippen molar-refractivity contribution in [3.8, 4) is 0 Å². The average molecular weight is 171 g/mol. The van der Waals surface area contributed by atoms with Crippen LogP contribution in [-0.4, -0.2) is 36.0 Å². The zero-order valence-electron chi connectivity index (χ0n) is 5.06. The first-order valence-corrected chi connectivity index (χ1v) is 3.93. The Balaban J connectivity index is 3.69.